The quantitative estimate of drug-likeness (QED) is 0.262. The summed E-state index contributed by atoms with van der Waals surface area (Å²) in [4.78, 5) is 5.18. The highest BCUT2D eigenvalue weighted by molar-refractivity contribution is 5.81. The average Bonchev–Trinajstić information content (AvgIpc) is 3.19. The maximum absolute atomic E-state index is 6.73. The summed E-state index contributed by atoms with van der Waals surface area (Å²) in [5.74, 6) is 2.21. The molecule has 1 unspecified atom stereocenters. The summed E-state index contributed by atoms with van der Waals surface area (Å²) in [7, 11) is 0. The zero-order valence-electron chi connectivity index (χ0n) is 22.7. The number of hydrogen-bond donors (Lipinski definition) is 1. The third-order valence-electron chi connectivity index (χ3n) is 6.99. The van der Waals surface area contributed by atoms with E-state index in [4.69, 9.17) is 9.40 Å². The molecule has 38 heavy (non-hydrogen) atoms. The first-order valence-corrected chi connectivity index (χ1v) is 13.6. The van der Waals surface area contributed by atoms with Gasteiger partial charge in [-0.1, -0.05) is 137 Å². The van der Waals surface area contributed by atoms with Crippen LogP contribution in [0.15, 0.2) is 114 Å². The molecule has 3 heteroatoms. The Hall–Kier alpha value is -4.11. The van der Waals surface area contributed by atoms with E-state index in [0.29, 0.717) is 17.7 Å². The Morgan fingerprint density at radius 3 is 2.08 bits per heavy atom. The number of anilines is 1. The Labute approximate surface area is 226 Å². The zero-order chi connectivity index (χ0) is 26.5. The SMILES string of the molecule is CC(C)c1cccc(C(C)C)c1NC(c1ccccc1)c1nc(-c2ccccc2)c(C2=CCC=CC=C2)o1. The minimum atomic E-state index is -0.252. The van der Waals surface area contributed by atoms with Gasteiger partial charge in [0.1, 0.15) is 11.7 Å². The number of nitrogens with one attached hydrogen (secondary N) is 1. The molecule has 1 atom stereocenters. The second-order valence-electron chi connectivity index (χ2n) is 10.4. The highest BCUT2D eigenvalue weighted by atomic mass is 16.4. The number of aromatic nitrogens is 1. The molecule has 0 saturated carbocycles. The standard InChI is InChI=1S/C35H36N2O/c1-24(2)29-22-15-23-30(25(3)4)33(29)36-32(27-18-13-8-14-19-27)35-37-31(26-16-11-7-12-17-26)34(38-35)28-20-9-5-6-10-21-28/h5-9,11-25,32,36H,10H2,1-4H3. The van der Waals surface area contributed by atoms with Gasteiger partial charge in [0.05, 0.1) is 0 Å². The van der Waals surface area contributed by atoms with Crippen molar-refractivity contribution in [3.05, 3.63) is 138 Å². The van der Waals surface area contributed by atoms with Gasteiger partial charge in [-0.15, -0.1) is 0 Å². The average molecular weight is 501 g/mol. The summed E-state index contributed by atoms with van der Waals surface area (Å²) < 4.78 is 6.73. The van der Waals surface area contributed by atoms with Crippen molar-refractivity contribution in [1.82, 2.24) is 4.98 Å². The predicted octanol–water partition coefficient (Wildman–Crippen LogP) is 9.69. The van der Waals surface area contributed by atoms with Gasteiger partial charge in [0.25, 0.3) is 0 Å². The van der Waals surface area contributed by atoms with E-state index in [0.717, 1.165) is 34.6 Å². The van der Waals surface area contributed by atoms with Gasteiger partial charge in [-0.05, 0) is 34.9 Å². The van der Waals surface area contributed by atoms with Crippen molar-refractivity contribution in [3.8, 4) is 11.3 Å². The molecule has 1 aromatic heterocycles. The minimum Gasteiger partial charge on any atom is -0.437 e. The van der Waals surface area contributed by atoms with E-state index in [1.54, 1.807) is 0 Å². The number of rotatable bonds is 8. The van der Waals surface area contributed by atoms with Crippen molar-refractivity contribution in [2.24, 2.45) is 0 Å². The van der Waals surface area contributed by atoms with E-state index in [-0.39, 0.29) is 6.04 Å². The lowest BCUT2D eigenvalue weighted by atomic mass is 9.91. The fraction of sp³-hybridized carbons (Fsp3) is 0.229. The fourth-order valence-corrected chi connectivity index (χ4v) is 4.99. The number of hydrogen-bond acceptors (Lipinski definition) is 3. The van der Waals surface area contributed by atoms with Crippen LogP contribution in [0.4, 0.5) is 5.69 Å². The molecule has 192 valence electrons. The maximum atomic E-state index is 6.73. The Morgan fingerprint density at radius 1 is 0.763 bits per heavy atom. The summed E-state index contributed by atoms with van der Waals surface area (Å²) in [5.41, 5.74) is 7.83. The fourth-order valence-electron chi connectivity index (χ4n) is 4.99. The van der Waals surface area contributed by atoms with Gasteiger partial charge in [0.2, 0.25) is 5.89 Å². The van der Waals surface area contributed by atoms with Crippen LogP contribution in [-0.2, 0) is 0 Å². The zero-order valence-corrected chi connectivity index (χ0v) is 22.7. The second-order valence-corrected chi connectivity index (χ2v) is 10.4. The molecular formula is C35H36N2O. The largest absolute Gasteiger partial charge is 0.437 e. The normalized spacial score (nSPS) is 14.0. The second kappa shape index (κ2) is 11.5. The molecule has 0 radical (unpaired) electrons. The molecule has 1 heterocycles. The Kier molecular flexibility index (Phi) is 7.74. The lowest BCUT2D eigenvalue weighted by Crippen LogP contribution is -2.16. The van der Waals surface area contributed by atoms with Crippen molar-refractivity contribution < 1.29 is 4.42 Å². The molecule has 0 aliphatic heterocycles. The molecular weight excluding hydrogens is 464 g/mol. The number of allylic oxidation sites excluding steroid dienone is 6. The van der Waals surface area contributed by atoms with Crippen molar-refractivity contribution >= 4 is 11.3 Å². The molecule has 0 bridgehead atoms. The van der Waals surface area contributed by atoms with Crippen molar-refractivity contribution in [2.45, 2.75) is 52.0 Å². The summed E-state index contributed by atoms with van der Waals surface area (Å²) >= 11 is 0. The van der Waals surface area contributed by atoms with E-state index < -0.39 is 0 Å². The van der Waals surface area contributed by atoms with Crippen molar-refractivity contribution in [2.75, 3.05) is 5.32 Å². The monoisotopic (exact) mass is 500 g/mol. The van der Waals surface area contributed by atoms with Crippen LogP contribution in [0, 0.1) is 0 Å². The number of para-hydroxylation sites is 1. The van der Waals surface area contributed by atoms with Gasteiger partial charge in [-0.2, -0.15) is 0 Å². The highest BCUT2D eigenvalue weighted by Gasteiger charge is 2.27. The first kappa shape index (κ1) is 25.5. The minimum absolute atomic E-state index is 0.252. The molecule has 3 nitrogen and oxygen atoms in total. The van der Waals surface area contributed by atoms with Crippen LogP contribution >= 0.6 is 0 Å². The summed E-state index contributed by atoms with van der Waals surface area (Å²) in [6.07, 6.45) is 11.5. The topological polar surface area (TPSA) is 38.1 Å². The van der Waals surface area contributed by atoms with Crippen LogP contribution in [0.25, 0.3) is 16.8 Å². The van der Waals surface area contributed by atoms with Gasteiger partial charge in [0.15, 0.2) is 5.76 Å². The van der Waals surface area contributed by atoms with E-state index in [9.17, 15) is 0 Å². The van der Waals surface area contributed by atoms with Gasteiger partial charge in [-0.25, -0.2) is 4.98 Å². The molecule has 3 aromatic carbocycles. The number of oxazole rings is 1. The summed E-state index contributed by atoms with van der Waals surface area (Å²) in [5, 5.41) is 3.91. The molecule has 1 N–H and O–H groups in total. The molecule has 0 amide bonds. The Bertz CT molecular complexity index is 1430. The molecule has 0 fully saturated rings. The highest BCUT2D eigenvalue weighted by Crippen LogP contribution is 2.39. The predicted molar refractivity (Wildman–Crippen MR) is 159 cm³/mol. The van der Waals surface area contributed by atoms with Crippen LogP contribution in [0.2, 0.25) is 0 Å². The number of benzene rings is 3. The molecule has 0 saturated heterocycles. The van der Waals surface area contributed by atoms with Crippen LogP contribution in [-0.4, -0.2) is 4.98 Å². The van der Waals surface area contributed by atoms with Crippen LogP contribution in [0.3, 0.4) is 0 Å². The third kappa shape index (κ3) is 5.43. The van der Waals surface area contributed by atoms with E-state index in [1.165, 1.54) is 16.8 Å². The van der Waals surface area contributed by atoms with Gasteiger partial charge in [0, 0.05) is 16.8 Å². The van der Waals surface area contributed by atoms with Crippen molar-refractivity contribution in [1.29, 1.82) is 0 Å². The Morgan fingerprint density at radius 2 is 1.42 bits per heavy atom. The van der Waals surface area contributed by atoms with Crippen molar-refractivity contribution in [3.63, 3.8) is 0 Å². The van der Waals surface area contributed by atoms with Gasteiger partial charge in [-0.3, -0.25) is 0 Å². The van der Waals surface area contributed by atoms with Crippen LogP contribution in [0.1, 0.15) is 80.3 Å². The lowest BCUT2D eigenvalue weighted by Gasteiger charge is -2.25. The van der Waals surface area contributed by atoms with E-state index >= 15 is 0 Å². The smallest absolute Gasteiger partial charge is 0.222 e. The third-order valence-corrected chi connectivity index (χ3v) is 6.99. The van der Waals surface area contributed by atoms with Gasteiger partial charge < -0.3 is 9.73 Å². The summed E-state index contributed by atoms with van der Waals surface area (Å²) in [6, 6.07) is 27.2. The van der Waals surface area contributed by atoms with Gasteiger partial charge >= 0.3 is 0 Å². The molecule has 4 aromatic rings. The first-order chi connectivity index (χ1) is 18.5. The van der Waals surface area contributed by atoms with Crippen LogP contribution < -0.4 is 5.32 Å². The van der Waals surface area contributed by atoms with E-state index in [1.807, 2.05) is 24.3 Å². The first-order valence-electron chi connectivity index (χ1n) is 13.6. The summed E-state index contributed by atoms with van der Waals surface area (Å²) in [6.45, 7) is 8.99. The molecule has 0 spiro atoms. The van der Waals surface area contributed by atoms with E-state index in [2.05, 4.69) is 118 Å². The lowest BCUT2D eigenvalue weighted by molar-refractivity contribution is 0.474. The molecule has 1 aliphatic carbocycles. The maximum Gasteiger partial charge on any atom is 0.222 e. The number of nitrogens with zero attached hydrogens (tertiary/aromatic N) is 1. The Balaban J connectivity index is 1.69. The molecule has 5 rings (SSSR count). The van der Waals surface area contributed by atoms with Crippen LogP contribution in [0.5, 0.6) is 0 Å². The molecule has 1 aliphatic rings.